The molecule has 1 fully saturated rings. The average molecular weight is 453 g/mol. The van der Waals surface area contributed by atoms with E-state index in [1.54, 1.807) is 12.0 Å². The van der Waals surface area contributed by atoms with E-state index >= 15 is 0 Å². The maximum atomic E-state index is 13.4. The van der Waals surface area contributed by atoms with Crippen LogP contribution in [0.25, 0.3) is 0 Å². The van der Waals surface area contributed by atoms with Gasteiger partial charge in [0.1, 0.15) is 17.5 Å². The van der Waals surface area contributed by atoms with Crippen molar-refractivity contribution < 1.29 is 19.1 Å². The molecule has 2 amide bonds. The van der Waals surface area contributed by atoms with E-state index < -0.39 is 6.04 Å². The zero-order valence-corrected chi connectivity index (χ0v) is 20.2. The van der Waals surface area contributed by atoms with E-state index in [4.69, 9.17) is 9.47 Å². The van der Waals surface area contributed by atoms with Crippen LogP contribution >= 0.6 is 0 Å². The highest BCUT2D eigenvalue weighted by Crippen LogP contribution is 2.22. The largest absolute Gasteiger partial charge is 0.497 e. The molecule has 0 aliphatic heterocycles. The summed E-state index contributed by atoms with van der Waals surface area (Å²) in [5.74, 6) is 1.15. The minimum Gasteiger partial charge on any atom is -0.497 e. The number of nitrogens with zero attached hydrogens (tertiary/aromatic N) is 1. The summed E-state index contributed by atoms with van der Waals surface area (Å²) >= 11 is 0. The lowest BCUT2D eigenvalue weighted by Crippen LogP contribution is -2.52. The fourth-order valence-electron chi connectivity index (χ4n) is 4.30. The quantitative estimate of drug-likeness (QED) is 0.574. The first-order valence-electron chi connectivity index (χ1n) is 11.8. The Morgan fingerprint density at radius 1 is 1.09 bits per heavy atom. The number of aryl methyl sites for hydroxylation is 2. The fraction of sp³-hybridized carbons (Fsp3) is 0.481. The summed E-state index contributed by atoms with van der Waals surface area (Å²) in [5, 5.41) is 3.17. The van der Waals surface area contributed by atoms with Crippen LogP contribution in [0.15, 0.2) is 42.5 Å². The zero-order chi connectivity index (χ0) is 23.8. The summed E-state index contributed by atoms with van der Waals surface area (Å²) in [7, 11) is 1.62. The Balaban J connectivity index is 1.78. The standard InChI is InChI=1S/C27H36N2O4/c1-5-24(27(31)28-22-8-6-7-9-22)29(17-21-12-14-23(32-4)15-13-21)26(30)18-33-25-16-19(2)10-11-20(25)3/h10-16,22,24H,5-9,17-18H2,1-4H3,(H,28,31)/t24-/m0/s1. The molecule has 0 bridgehead atoms. The summed E-state index contributed by atoms with van der Waals surface area (Å²) in [6.07, 6.45) is 4.82. The second-order valence-electron chi connectivity index (χ2n) is 8.84. The molecule has 6 heteroatoms. The number of carbonyl (C=O) groups is 2. The minimum absolute atomic E-state index is 0.0852. The van der Waals surface area contributed by atoms with E-state index in [0.29, 0.717) is 18.7 Å². The summed E-state index contributed by atoms with van der Waals surface area (Å²) in [5.41, 5.74) is 2.98. The molecule has 33 heavy (non-hydrogen) atoms. The Bertz CT molecular complexity index is 936. The van der Waals surface area contributed by atoms with E-state index in [1.807, 2.05) is 63.2 Å². The lowest BCUT2D eigenvalue weighted by molar-refractivity contribution is -0.143. The molecule has 1 atom stereocenters. The van der Waals surface area contributed by atoms with Crippen LogP contribution in [0.4, 0.5) is 0 Å². The van der Waals surface area contributed by atoms with Crippen molar-refractivity contribution in [2.45, 2.75) is 71.5 Å². The van der Waals surface area contributed by atoms with Crippen LogP contribution in [0, 0.1) is 13.8 Å². The van der Waals surface area contributed by atoms with Crippen molar-refractivity contribution >= 4 is 11.8 Å². The van der Waals surface area contributed by atoms with Crippen molar-refractivity contribution in [2.75, 3.05) is 13.7 Å². The molecule has 0 radical (unpaired) electrons. The van der Waals surface area contributed by atoms with Gasteiger partial charge in [0.15, 0.2) is 6.61 Å². The van der Waals surface area contributed by atoms with E-state index in [9.17, 15) is 9.59 Å². The summed E-state index contributed by atoms with van der Waals surface area (Å²) in [6, 6.07) is 13.2. The minimum atomic E-state index is -0.553. The highest BCUT2D eigenvalue weighted by atomic mass is 16.5. The first kappa shape index (κ1) is 24.6. The number of nitrogens with one attached hydrogen (secondary N) is 1. The highest BCUT2D eigenvalue weighted by Gasteiger charge is 2.31. The predicted molar refractivity (Wildman–Crippen MR) is 129 cm³/mol. The number of carbonyl (C=O) groups excluding carboxylic acids is 2. The van der Waals surface area contributed by atoms with Crippen molar-refractivity contribution in [3.05, 3.63) is 59.2 Å². The topological polar surface area (TPSA) is 67.9 Å². The van der Waals surface area contributed by atoms with Crippen LogP contribution in [-0.4, -0.2) is 42.5 Å². The molecule has 0 unspecified atom stereocenters. The lowest BCUT2D eigenvalue weighted by atomic mass is 10.1. The van der Waals surface area contributed by atoms with Gasteiger partial charge in [0.25, 0.3) is 5.91 Å². The summed E-state index contributed by atoms with van der Waals surface area (Å²) < 4.78 is 11.1. The number of hydrogen-bond donors (Lipinski definition) is 1. The summed E-state index contributed by atoms with van der Waals surface area (Å²) in [4.78, 5) is 28.2. The van der Waals surface area contributed by atoms with Crippen molar-refractivity contribution in [1.82, 2.24) is 10.2 Å². The van der Waals surface area contributed by atoms with Gasteiger partial charge in [-0.3, -0.25) is 9.59 Å². The first-order chi connectivity index (χ1) is 15.9. The van der Waals surface area contributed by atoms with Crippen LogP contribution in [0.1, 0.15) is 55.7 Å². The normalized spacial score (nSPS) is 14.5. The van der Waals surface area contributed by atoms with Crippen molar-refractivity contribution in [3.63, 3.8) is 0 Å². The van der Waals surface area contributed by atoms with Gasteiger partial charge in [0, 0.05) is 12.6 Å². The van der Waals surface area contributed by atoms with Gasteiger partial charge in [-0.2, -0.15) is 0 Å². The van der Waals surface area contributed by atoms with Gasteiger partial charge in [-0.05, 0) is 68.0 Å². The number of methoxy groups -OCH3 is 1. The van der Waals surface area contributed by atoms with Crippen LogP contribution in [-0.2, 0) is 16.1 Å². The SMILES string of the molecule is CC[C@@H](C(=O)NC1CCCC1)N(Cc1ccc(OC)cc1)C(=O)COc1cc(C)ccc1C. The van der Waals surface area contributed by atoms with Crippen LogP contribution in [0.2, 0.25) is 0 Å². The third-order valence-corrected chi connectivity index (χ3v) is 6.29. The van der Waals surface area contributed by atoms with Gasteiger partial charge >= 0.3 is 0 Å². The Labute approximate surface area is 197 Å². The van der Waals surface area contributed by atoms with Crippen molar-refractivity contribution in [3.8, 4) is 11.5 Å². The van der Waals surface area contributed by atoms with Crippen LogP contribution in [0.3, 0.4) is 0 Å². The van der Waals surface area contributed by atoms with Gasteiger partial charge < -0.3 is 19.7 Å². The molecule has 3 rings (SSSR count). The van der Waals surface area contributed by atoms with E-state index in [2.05, 4.69) is 5.32 Å². The number of amides is 2. The second kappa shape index (κ2) is 11.7. The van der Waals surface area contributed by atoms with Gasteiger partial charge in [0.05, 0.1) is 7.11 Å². The van der Waals surface area contributed by atoms with Crippen molar-refractivity contribution in [2.24, 2.45) is 0 Å². The van der Waals surface area contributed by atoms with E-state index in [1.165, 1.54) is 0 Å². The summed E-state index contributed by atoms with van der Waals surface area (Å²) in [6.45, 7) is 6.10. The molecule has 0 spiro atoms. The van der Waals surface area contributed by atoms with Gasteiger partial charge in [-0.1, -0.05) is 44.0 Å². The smallest absolute Gasteiger partial charge is 0.261 e. The molecule has 0 saturated heterocycles. The van der Waals surface area contributed by atoms with Gasteiger partial charge in [0.2, 0.25) is 5.91 Å². The molecule has 1 saturated carbocycles. The first-order valence-corrected chi connectivity index (χ1v) is 11.8. The molecular formula is C27H36N2O4. The van der Waals surface area contributed by atoms with E-state index in [0.717, 1.165) is 48.1 Å². The lowest BCUT2D eigenvalue weighted by Gasteiger charge is -2.31. The number of benzene rings is 2. The van der Waals surface area contributed by atoms with Gasteiger partial charge in [-0.25, -0.2) is 0 Å². The number of hydrogen-bond acceptors (Lipinski definition) is 4. The van der Waals surface area contributed by atoms with Crippen LogP contribution < -0.4 is 14.8 Å². The molecule has 1 aliphatic rings. The monoisotopic (exact) mass is 452 g/mol. The second-order valence-corrected chi connectivity index (χ2v) is 8.84. The molecule has 1 aliphatic carbocycles. The number of rotatable bonds is 10. The molecule has 0 heterocycles. The highest BCUT2D eigenvalue weighted by molar-refractivity contribution is 5.88. The number of ether oxygens (including phenoxy) is 2. The third-order valence-electron chi connectivity index (χ3n) is 6.29. The zero-order valence-electron chi connectivity index (χ0n) is 20.2. The molecular weight excluding hydrogens is 416 g/mol. The van der Waals surface area contributed by atoms with Crippen LogP contribution in [0.5, 0.6) is 11.5 Å². The average Bonchev–Trinajstić information content (AvgIpc) is 3.32. The Hall–Kier alpha value is -3.02. The predicted octanol–water partition coefficient (Wildman–Crippen LogP) is 4.56. The van der Waals surface area contributed by atoms with Gasteiger partial charge in [-0.15, -0.1) is 0 Å². The maximum Gasteiger partial charge on any atom is 0.261 e. The van der Waals surface area contributed by atoms with Crippen molar-refractivity contribution in [1.29, 1.82) is 0 Å². The molecule has 178 valence electrons. The molecule has 6 nitrogen and oxygen atoms in total. The Kier molecular flexibility index (Phi) is 8.75. The Morgan fingerprint density at radius 2 is 1.79 bits per heavy atom. The Morgan fingerprint density at radius 3 is 2.42 bits per heavy atom. The molecule has 2 aromatic rings. The molecule has 0 aromatic heterocycles. The van der Waals surface area contributed by atoms with E-state index in [-0.39, 0.29) is 24.5 Å². The maximum absolute atomic E-state index is 13.4. The third kappa shape index (κ3) is 6.73. The fourth-order valence-corrected chi connectivity index (χ4v) is 4.30. The molecule has 1 N–H and O–H groups in total. The molecule has 2 aromatic carbocycles.